The average molecular weight is 253 g/mol. The van der Waals surface area contributed by atoms with Crippen LogP contribution in [0.5, 0.6) is 0 Å². The first-order chi connectivity index (χ1) is 8.43. The summed E-state index contributed by atoms with van der Waals surface area (Å²) < 4.78 is 0. The Morgan fingerprint density at radius 2 is 1.59 bits per heavy atom. The number of likely N-dealkylation sites (tertiary alicyclic amines) is 2. The molecule has 0 spiro atoms. The fourth-order valence-electron chi connectivity index (χ4n) is 2.95. The standard InChI is InChI=1S/C13H23N3S/c1-3-7-15(8-4-1)12-11-17-13(14-12)16-9-5-2-6-10-16/h11,13-14H,1-10H2. The molecule has 0 aromatic heterocycles. The van der Waals surface area contributed by atoms with Crippen molar-refractivity contribution in [2.45, 2.75) is 44.0 Å². The van der Waals surface area contributed by atoms with Gasteiger partial charge in [-0.25, -0.2) is 0 Å². The van der Waals surface area contributed by atoms with Crippen LogP contribution < -0.4 is 5.32 Å². The van der Waals surface area contributed by atoms with E-state index in [1.54, 1.807) is 0 Å². The van der Waals surface area contributed by atoms with Crippen LogP contribution in [0, 0.1) is 0 Å². The van der Waals surface area contributed by atoms with Crippen molar-refractivity contribution >= 4 is 11.8 Å². The minimum Gasteiger partial charge on any atom is -0.358 e. The summed E-state index contributed by atoms with van der Waals surface area (Å²) in [6, 6.07) is 0. The smallest absolute Gasteiger partial charge is 0.133 e. The van der Waals surface area contributed by atoms with E-state index in [-0.39, 0.29) is 0 Å². The Morgan fingerprint density at radius 3 is 2.29 bits per heavy atom. The van der Waals surface area contributed by atoms with Crippen LogP contribution in [0.3, 0.4) is 0 Å². The molecule has 3 aliphatic heterocycles. The lowest BCUT2D eigenvalue weighted by molar-refractivity contribution is 0.184. The van der Waals surface area contributed by atoms with Crippen molar-refractivity contribution in [3.8, 4) is 0 Å². The lowest BCUT2D eigenvalue weighted by Gasteiger charge is -2.34. The van der Waals surface area contributed by atoms with Crippen LogP contribution in [0.2, 0.25) is 0 Å². The highest BCUT2D eigenvalue weighted by molar-refractivity contribution is 8.02. The van der Waals surface area contributed by atoms with E-state index in [0.717, 1.165) is 0 Å². The molecular weight excluding hydrogens is 230 g/mol. The number of rotatable bonds is 2. The van der Waals surface area contributed by atoms with Crippen LogP contribution in [0.25, 0.3) is 0 Å². The SMILES string of the molecule is C1=C(N2CCCCC2)NC(N2CCCCC2)S1. The topological polar surface area (TPSA) is 18.5 Å². The zero-order chi connectivity index (χ0) is 11.5. The fraction of sp³-hybridized carbons (Fsp3) is 0.846. The minimum absolute atomic E-state index is 0.507. The van der Waals surface area contributed by atoms with Crippen molar-refractivity contribution < 1.29 is 0 Å². The van der Waals surface area contributed by atoms with E-state index in [1.807, 2.05) is 11.8 Å². The maximum absolute atomic E-state index is 3.71. The first-order valence-corrected chi connectivity index (χ1v) is 7.99. The summed E-state index contributed by atoms with van der Waals surface area (Å²) in [5.74, 6) is 1.38. The van der Waals surface area contributed by atoms with Gasteiger partial charge in [-0.15, -0.1) is 0 Å². The van der Waals surface area contributed by atoms with Crippen molar-refractivity contribution in [2.75, 3.05) is 26.2 Å². The van der Waals surface area contributed by atoms with Crippen molar-refractivity contribution in [2.24, 2.45) is 0 Å². The molecule has 0 bridgehead atoms. The first kappa shape index (κ1) is 11.7. The van der Waals surface area contributed by atoms with Crippen LogP contribution in [-0.4, -0.2) is 41.5 Å². The Hall–Kier alpha value is -0.350. The molecule has 0 aliphatic carbocycles. The van der Waals surface area contributed by atoms with Gasteiger partial charge in [-0.1, -0.05) is 18.2 Å². The van der Waals surface area contributed by atoms with Crippen molar-refractivity contribution in [1.82, 2.24) is 15.1 Å². The third-order valence-electron chi connectivity index (χ3n) is 4.00. The molecule has 0 aromatic carbocycles. The lowest BCUT2D eigenvalue weighted by Crippen LogP contribution is -2.46. The number of hydrogen-bond acceptors (Lipinski definition) is 4. The monoisotopic (exact) mass is 253 g/mol. The number of nitrogens with one attached hydrogen (secondary N) is 1. The minimum atomic E-state index is 0.507. The van der Waals surface area contributed by atoms with E-state index in [9.17, 15) is 0 Å². The largest absolute Gasteiger partial charge is 0.358 e. The van der Waals surface area contributed by atoms with Gasteiger partial charge in [-0.2, -0.15) is 0 Å². The second-order valence-electron chi connectivity index (χ2n) is 5.28. The maximum Gasteiger partial charge on any atom is 0.133 e. The predicted molar refractivity (Wildman–Crippen MR) is 73.4 cm³/mol. The molecule has 0 aromatic rings. The van der Waals surface area contributed by atoms with Gasteiger partial charge in [0, 0.05) is 31.6 Å². The third kappa shape index (κ3) is 2.74. The molecule has 0 saturated carbocycles. The van der Waals surface area contributed by atoms with E-state index < -0.39 is 0 Å². The summed E-state index contributed by atoms with van der Waals surface area (Å²) in [4.78, 5) is 5.13. The van der Waals surface area contributed by atoms with E-state index in [1.165, 1.54) is 70.5 Å². The Bertz CT molecular complexity index is 280. The molecule has 3 aliphatic rings. The van der Waals surface area contributed by atoms with Crippen LogP contribution in [0.1, 0.15) is 38.5 Å². The summed E-state index contributed by atoms with van der Waals surface area (Å²) in [5.41, 5.74) is 0.507. The van der Waals surface area contributed by atoms with Crippen LogP contribution in [0.4, 0.5) is 0 Å². The zero-order valence-corrected chi connectivity index (χ0v) is 11.3. The molecule has 1 N–H and O–H groups in total. The van der Waals surface area contributed by atoms with E-state index in [0.29, 0.717) is 5.50 Å². The summed E-state index contributed by atoms with van der Waals surface area (Å²) in [7, 11) is 0. The molecule has 2 fully saturated rings. The summed E-state index contributed by atoms with van der Waals surface area (Å²) in [6.07, 6.45) is 8.29. The zero-order valence-electron chi connectivity index (χ0n) is 10.5. The average Bonchev–Trinajstić information content (AvgIpc) is 2.90. The van der Waals surface area contributed by atoms with Gasteiger partial charge in [0.25, 0.3) is 0 Å². The van der Waals surface area contributed by atoms with Gasteiger partial charge < -0.3 is 10.2 Å². The lowest BCUT2D eigenvalue weighted by atomic mass is 10.1. The van der Waals surface area contributed by atoms with Gasteiger partial charge in [0.15, 0.2) is 0 Å². The third-order valence-corrected chi connectivity index (χ3v) is 5.03. The highest BCUT2D eigenvalue weighted by atomic mass is 32.2. The van der Waals surface area contributed by atoms with E-state index in [4.69, 9.17) is 0 Å². The van der Waals surface area contributed by atoms with Gasteiger partial charge in [0.1, 0.15) is 11.3 Å². The molecule has 1 unspecified atom stereocenters. The Balaban J connectivity index is 1.52. The van der Waals surface area contributed by atoms with Crippen LogP contribution in [-0.2, 0) is 0 Å². The molecule has 1 atom stereocenters. The summed E-state index contributed by atoms with van der Waals surface area (Å²) in [6.45, 7) is 5.02. The molecule has 3 nitrogen and oxygen atoms in total. The second kappa shape index (κ2) is 5.53. The van der Waals surface area contributed by atoms with Crippen molar-refractivity contribution in [1.29, 1.82) is 0 Å². The number of thioether (sulfide) groups is 1. The fourth-order valence-corrected chi connectivity index (χ4v) is 4.00. The quantitative estimate of drug-likeness (QED) is 0.814. The number of piperidine rings is 2. The van der Waals surface area contributed by atoms with Crippen LogP contribution in [0.15, 0.2) is 11.2 Å². The Labute approximate surface area is 109 Å². The number of nitrogens with zero attached hydrogens (tertiary/aromatic N) is 2. The highest BCUT2D eigenvalue weighted by Gasteiger charge is 2.27. The molecule has 0 amide bonds. The summed E-state index contributed by atoms with van der Waals surface area (Å²) in [5, 5.41) is 6.04. The van der Waals surface area contributed by atoms with Gasteiger partial charge in [0.2, 0.25) is 0 Å². The molecule has 3 heterocycles. The normalized spacial score (nSPS) is 31.2. The first-order valence-electron chi connectivity index (χ1n) is 7.05. The second-order valence-corrected chi connectivity index (χ2v) is 6.23. The van der Waals surface area contributed by atoms with Gasteiger partial charge >= 0.3 is 0 Å². The predicted octanol–water partition coefficient (Wildman–Crippen LogP) is 2.38. The highest BCUT2D eigenvalue weighted by Crippen LogP contribution is 2.28. The van der Waals surface area contributed by atoms with Gasteiger partial charge in [-0.05, 0) is 32.1 Å². The molecule has 4 heteroatoms. The molecule has 17 heavy (non-hydrogen) atoms. The van der Waals surface area contributed by atoms with Gasteiger partial charge in [-0.3, -0.25) is 4.90 Å². The maximum atomic E-state index is 3.71. The molecule has 2 saturated heterocycles. The summed E-state index contributed by atoms with van der Waals surface area (Å²) >= 11 is 1.96. The Kier molecular flexibility index (Phi) is 3.81. The molecule has 3 rings (SSSR count). The van der Waals surface area contributed by atoms with E-state index in [2.05, 4.69) is 20.5 Å². The molecule has 0 radical (unpaired) electrons. The molecular formula is C13H23N3S. The Morgan fingerprint density at radius 1 is 0.941 bits per heavy atom. The van der Waals surface area contributed by atoms with Crippen LogP contribution >= 0.6 is 11.8 Å². The van der Waals surface area contributed by atoms with Crippen molar-refractivity contribution in [3.05, 3.63) is 11.2 Å². The van der Waals surface area contributed by atoms with Crippen molar-refractivity contribution in [3.63, 3.8) is 0 Å². The molecule has 96 valence electrons. The van der Waals surface area contributed by atoms with Gasteiger partial charge in [0.05, 0.1) is 0 Å². The number of hydrogen-bond donors (Lipinski definition) is 1. The van der Waals surface area contributed by atoms with E-state index >= 15 is 0 Å².